The molecule has 0 aliphatic rings. The summed E-state index contributed by atoms with van der Waals surface area (Å²) in [6, 6.07) is 9.95. The lowest BCUT2D eigenvalue weighted by molar-refractivity contribution is -0.121. The van der Waals surface area contributed by atoms with Crippen LogP contribution in [-0.4, -0.2) is 21.6 Å². The third-order valence-electron chi connectivity index (χ3n) is 3.70. The van der Waals surface area contributed by atoms with Gasteiger partial charge in [-0.1, -0.05) is 18.2 Å². The molecule has 0 spiro atoms. The van der Waals surface area contributed by atoms with Gasteiger partial charge in [0.1, 0.15) is 0 Å². The summed E-state index contributed by atoms with van der Waals surface area (Å²) < 4.78 is 1.60. The molecule has 2 rings (SSSR count). The van der Waals surface area contributed by atoms with Gasteiger partial charge in [0.05, 0.1) is 5.56 Å². The van der Waals surface area contributed by atoms with Crippen molar-refractivity contribution in [3.8, 4) is 0 Å². The van der Waals surface area contributed by atoms with Gasteiger partial charge in [0.2, 0.25) is 5.91 Å². The summed E-state index contributed by atoms with van der Waals surface area (Å²) in [4.78, 5) is 34.5. The molecule has 2 N–H and O–H groups in total. The van der Waals surface area contributed by atoms with Gasteiger partial charge >= 0.3 is 5.97 Å². The molecule has 0 atom stereocenters. The average Bonchev–Trinajstić information content (AvgIpc) is 2.57. The Morgan fingerprint density at radius 1 is 1.17 bits per heavy atom. The summed E-state index contributed by atoms with van der Waals surface area (Å²) in [5.74, 6) is -1.07. The number of carbonyl (C=O) groups is 2. The van der Waals surface area contributed by atoms with Crippen molar-refractivity contribution in [1.29, 1.82) is 0 Å². The van der Waals surface area contributed by atoms with Crippen LogP contribution in [0.1, 0.15) is 34.3 Å². The molecule has 1 aromatic carbocycles. The van der Waals surface area contributed by atoms with Gasteiger partial charge < -0.3 is 15.0 Å². The van der Waals surface area contributed by atoms with Crippen LogP contribution >= 0.6 is 0 Å². The molecule has 0 aliphatic heterocycles. The minimum Gasteiger partial charge on any atom is -0.478 e. The summed E-state index contributed by atoms with van der Waals surface area (Å²) >= 11 is 0. The van der Waals surface area contributed by atoms with Gasteiger partial charge in [0.25, 0.3) is 5.56 Å². The highest BCUT2D eigenvalue weighted by molar-refractivity contribution is 5.87. The molecule has 0 bridgehead atoms. The van der Waals surface area contributed by atoms with Crippen LogP contribution in [0.25, 0.3) is 0 Å². The summed E-state index contributed by atoms with van der Waals surface area (Å²) in [6.07, 6.45) is 2.62. The van der Waals surface area contributed by atoms with Gasteiger partial charge in [-0.05, 0) is 37.1 Å². The Bertz CT molecular complexity index is 778. The second-order valence-electron chi connectivity index (χ2n) is 5.57. The number of rotatable bonds is 7. The van der Waals surface area contributed by atoms with E-state index in [4.69, 9.17) is 5.11 Å². The summed E-state index contributed by atoms with van der Waals surface area (Å²) in [7, 11) is 0. The molecular formula is C18H20N2O4. The summed E-state index contributed by atoms with van der Waals surface area (Å²) in [5.41, 5.74) is 1.71. The second-order valence-corrected chi connectivity index (χ2v) is 5.57. The number of nitrogens with zero attached hydrogens (tertiary/aromatic N) is 1. The summed E-state index contributed by atoms with van der Waals surface area (Å²) in [6.45, 7) is 2.62. The fourth-order valence-corrected chi connectivity index (χ4v) is 2.30. The van der Waals surface area contributed by atoms with Crippen molar-refractivity contribution in [1.82, 2.24) is 9.88 Å². The first-order valence-corrected chi connectivity index (χ1v) is 7.72. The third-order valence-corrected chi connectivity index (χ3v) is 3.70. The topological polar surface area (TPSA) is 88.4 Å². The lowest BCUT2D eigenvalue weighted by Gasteiger charge is -2.08. The molecule has 1 aromatic heterocycles. The van der Waals surface area contributed by atoms with Crippen molar-refractivity contribution >= 4 is 11.9 Å². The Morgan fingerprint density at radius 2 is 1.88 bits per heavy atom. The SMILES string of the molecule is Cc1cccn(CCCC(=O)NCc2ccc(C(=O)O)cc2)c1=O. The second kappa shape index (κ2) is 8.10. The molecule has 0 radical (unpaired) electrons. The molecule has 6 nitrogen and oxygen atoms in total. The first-order chi connectivity index (χ1) is 11.5. The van der Waals surface area contributed by atoms with Gasteiger partial charge in [-0.15, -0.1) is 0 Å². The molecule has 0 saturated heterocycles. The zero-order chi connectivity index (χ0) is 17.5. The van der Waals surface area contributed by atoms with Crippen LogP contribution in [0.5, 0.6) is 0 Å². The average molecular weight is 328 g/mol. The number of hydrogen-bond donors (Lipinski definition) is 2. The first kappa shape index (κ1) is 17.5. The van der Waals surface area contributed by atoms with E-state index in [0.717, 1.165) is 5.56 Å². The minimum absolute atomic E-state index is 0.0311. The molecule has 0 fully saturated rings. The van der Waals surface area contributed by atoms with E-state index >= 15 is 0 Å². The number of aryl methyl sites for hydroxylation is 2. The summed E-state index contributed by atoms with van der Waals surface area (Å²) in [5, 5.41) is 11.6. The van der Waals surface area contributed by atoms with Crippen LogP contribution in [-0.2, 0) is 17.9 Å². The number of carbonyl (C=O) groups excluding carboxylic acids is 1. The van der Waals surface area contributed by atoms with Crippen LogP contribution in [0.3, 0.4) is 0 Å². The highest BCUT2D eigenvalue weighted by Gasteiger charge is 2.05. The van der Waals surface area contributed by atoms with Gasteiger partial charge in [-0.25, -0.2) is 4.79 Å². The number of nitrogens with one attached hydrogen (secondary N) is 1. The predicted molar refractivity (Wildman–Crippen MR) is 89.9 cm³/mol. The van der Waals surface area contributed by atoms with E-state index < -0.39 is 5.97 Å². The minimum atomic E-state index is -0.975. The zero-order valence-corrected chi connectivity index (χ0v) is 13.5. The van der Waals surface area contributed by atoms with E-state index in [1.165, 1.54) is 12.1 Å². The molecule has 0 saturated carbocycles. The lowest BCUT2D eigenvalue weighted by atomic mass is 10.1. The van der Waals surface area contributed by atoms with Gasteiger partial charge in [0, 0.05) is 31.3 Å². The van der Waals surface area contributed by atoms with Crippen LogP contribution in [0.4, 0.5) is 0 Å². The number of pyridine rings is 1. The molecule has 0 unspecified atom stereocenters. The van der Waals surface area contributed by atoms with Crippen LogP contribution in [0, 0.1) is 6.92 Å². The van der Waals surface area contributed by atoms with Gasteiger partial charge in [-0.2, -0.15) is 0 Å². The predicted octanol–water partition coefficient (Wildman–Crippen LogP) is 1.95. The van der Waals surface area contributed by atoms with Crippen LogP contribution < -0.4 is 10.9 Å². The Balaban J connectivity index is 1.76. The van der Waals surface area contributed by atoms with Crippen molar-refractivity contribution in [3.63, 3.8) is 0 Å². The van der Waals surface area contributed by atoms with E-state index in [9.17, 15) is 14.4 Å². The van der Waals surface area contributed by atoms with E-state index in [1.54, 1.807) is 35.9 Å². The van der Waals surface area contributed by atoms with Gasteiger partial charge in [-0.3, -0.25) is 9.59 Å². The molecule has 6 heteroatoms. The largest absolute Gasteiger partial charge is 0.478 e. The maximum atomic E-state index is 11.9. The normalized spacial score (nSPS) is 10.4. The van der Waals surface area contributed by atoms with E-state index in [2.05, 4.69) is 5.32 Å². The highest BCUT2D eigenvalue weighted by atomic mass is 16.4. The van der Waals surface area contributed by atoms with Crippen molar-refractivity contribution in [2.24, 2.45) is 0 Å². The molecule has 1 heterocycles. The number of benzene rings is 1. The number of carboxylic acids is 1. The smallest absolute Gasteiger partial charge is 0.335 e. The lowest BCUT2D eigenvalue weighted by Crippen LogP contribution is -2.25. The molecule has 0 aliphatic carbocycles. The number of aromatic nitrogens is 1. The molecule has 126 valence electrons. The van der Waals surface area contributed by atoms with Crippen molar-refractivity contribution in [3.05, 3.63) is 69.6 Å². The Labute approximate surface area is 139 Å². The Kier molecular flexibility index (Phi) is 5.89. The van der Waals surface area contributed by atoms with Crippen LogP contribution in [0.2, 0.25) is 0 Å². The monoisotopic (exact) mass is 328 g/mol. The van der Waals surface area contributed by atoms with E-state index in [0.29, 0.717) is 31.5 Å². The standard InChI is InChI=1S/C18H20N2O4/c1-13-4-2-10-20(17(13)22)11-3-5-16(21)19-12-14-6-8-15(9-7-14)18(23)24/h2,4,6-10H,3,5,11-12H2,1H3,(H,19,21)(H,23,24). The quantitative estimate of drug-likeness (QED) is 0.813. The zero-order valence-electron chi connectivity index (χ0n) is 13.5. The number of hydrogen-bond acceptors (Lipinski definition) is 3. The Morgan fingerprint density at radius 3 is 2.54 bits per heavy atom. The fraction of sp³-hybridized carbons (Fsp3) is 0.278. The molecule has 2 aromatic rings. The first-order valence-electron chi connectivity index (χ1n) is 7.72. The molecule has 1 amide bonds. The number of aromatic carboxylic acids is 1. The third kappa shape index (κ3) is 4.81. The molecule has 24 heavy (non-hydrogen) atoms. The highest BCUT2D eigenvalue weighted by Crippen LogP contribution is 2.04. The maximum absolute atomic E-state index is 11.9. The number of carboxylic acid groups (broad SMARTS) is 1. The van der Waals surface area contributed by atoms with Crippen LogP contribution in [0.15, 0.2) is 47.4 Å². The van der Waals surface area contributed by atoms with E-state index in [-0.39, 0.29) is 17.0 Å². The Hall–Kier alpha value is -2.89. The van der Waals surface area contributed by atoms with Gasteiger partial charge in [0.15, 0.2) is 0 Å². The van der Waals surface area contributed by atoms with E-state index in [1.807, 2.05) is 6.07 Å². The maximum Gasteiger partial charge on any atom is 0.335 e. The number of amides is 1. The van der Waals surface area contributed by atoms with Crippen molar-refractivity contribution in [2.75, 3.05) is 0 Å². The fourth-order valence-electron chi connectivity index (χ4n) is 2.30. The van der Waals surface area contributed by atoms with Crippen molar-refractivity contribution < 1.29 is 14.7 Å². The van der Waals surface area contributed by atoms with Crippen molar-refractivity contribution in [2.45, 2.75) is 32.9 Å². The molecular weight excluding hydrogens is 308 g/mol.